The van der Waals surface area contributed by atoms with E-state index in [1.807, 2.05) is 0 Å². The van der Waals surface area contributed by atoms with E-state index in [1.165, 1.54) is 6.07 Å². The van der Waals surface area contributed by atoms with Gasteiger partial charge >= 0.3 is 18.2 Å². The van der Waals surface area contributed by atoms with Gasteiger partial charge < -0.3 is 20.5 Å². The summed E-state index contributed by atoms with van der Waals surface area (Å²) in [4.78, 5) is 22.4. The fourth-order valence-electron chi connectivity index (χ4n) is 1.81. The number of carbonyl (C=O) groups is 2. The molecule has 0 bridgehead atoms. The van der Waals surface area contributed by atoms with Crippen LogP contribution in [0.4, 0.5) is 28.0 Å². The van der Waals surface area contributed by atoms with Crippen LogP contribution in [-0.4, -0.2) is 35.4 Å². The molecule has 0 atom stereocenters. The number of ether oxygens (including phenoxy) is 1. The largest absolute Gasteiger partial charge is 0.481 e. The van der Waals surface area contributed by atoms with E-state index < -0.39 is 41.9 Å². The molecule has 0 aliphatic rings. The molecule has 0 aromatic heterocycles. The molecule has 0 spiro atoms. The van der Waals surface area contributed by atoms with Gasteiger partial charge in [0, 0.05) is 23.7 Å². The van der Waals surface area contributed by atoms with Gasteiger partial charge in [0.15, 0.2) is 18.2 Å². The molecule has 0 aliphatic carbocycles. The fraction of sp³-hybridized carbons (Fsp3) is 0.467. The van der Waals surface area contributed by atoms with Crippen LogP contribution in [0.25, 0.3) is 0 Å². The molecule has 0 heterocycles. The van der Waals surface area contributed by atoms with E-state index in [9.17, 15) is 27.2 Å². The van der Waals surface area contributed by atoms with Crippen LogP contribution < -0.4 is 15.4 Å². The molecule has 0 fully saturated rings. The average molecular weight is 366 g/mol. The molecule has 140 valence electrons. The highest BCUT2D eigenvalue weighted by Gasteiger charge is 2.29. The monoisotopic (exact) mass is 366 g/mol. The molecule has 1 aromatic rings. The minimum atomic E-state index is -4.59. The summed E-state index contributed by atoms with van der Waals surface area (Å²) >= 11 is 0. The molecular formula is C15H18F4N2O4. The minimum absolute atomic E-state index is 0.00314. The second kappa shape index (κ2) is 8.04. The summed E-state index contributed by atoms with van der Waals surface area (Å²) in [6, 6.07) is 2.25. The maximum absolute atomic E-state index is 13.7. The quantitative estimate of drug-likeness (QED) is 0.644. The first kappa shape index (κ1) is 20.5. The van der Waals surface area contributed by atoms with Crippen LogP contribution in [0, 0.1) is 5.82 Å². The van der Waals surface area contributed by atoms with Crippen LogP contribution in [0.15, 0.2) is 18.2 Å². The highest BCUT2D eigenvalue weighted by molar-refractivity contribution is 5.89. The normalized spacial score (nSPS) is 11.8. The number of hydrogen-bond acceptors (Lipinski definition) is 3. The lowest BCUT2D eigenvalue weighted by atomic mass is 9.99. The Morgan fingerprint density at radius 1 is 1.24 bits per heavy atom. The van der Waals surface area contributed by atoms with Crippen molar-refractivity contribution < 1.29 is 37.0 Å². The van der Waals surface area contributed by atoms with Crippen LogP contribution in [0.3, 0.4) is 0 Å². The Morgan fingerprint density at radius 2 is 1.88 bits per heavy atom. The lowest BCUT2D eigenvalue weighted by molar-refractivity contribution is -0.153. The molecule has 6 nitrogen and oxygen atoms in total. The van der Waals surface area contributed by atoms with Crippen molar-refractivity contribution in [3.8, 4) is 5.75 Å². The Balaban J connectivity index is 2.63. The summed E-state index contributed by atoms with van der Waals surface area (Å²) in [5.74, 6) is -2.66. The number of aliphatic carboxylic acids is 1. The number of halogens is 4. The van der Waals surface area contributed by atoms with E-state index in [-0.39, 0.29) is 18.5 Å². The molecule has 0 radical (unpaired) electrons. The second-order valence-electron chi connectivity index (χ2n) is 5.91. The third-order valence-corrected chi connectivity index (χ3v) is 3.00. The molecule has 2 amide bonds. The smallest absolute Gasteiger partial charge is 0.422 e. The van der Waals surface area contributed by atoms with Crippen molar-refractivity contribution in [3.63, 3.8) is 0 Å². The zero-order valence-electron chi connectivity index (χ0n) is 13.5. The van der Waals surface area contributed by atoms with Crippen LogP contribution in [0.2, 0.25) is 0 Å². The Kier molecular flexibility index (Phi) is 6.60. The second-order valence-corrected chi connectivity index (χ2v) is 5.91. The van der Waals surface area contributed by atoms with Crippen molar-refractivity contribution in [2.45, 2.75) is 38.4 Å². The van der Waals surface area contributed by atoms with Gasteiger partial charge in [-0.3, -0.25) is 4.79 Å². The molecule has 10 heteroatoms. The van der Waals surface area contributed by atoms with Gasteiger partial charge in [0.25, 0.3) is 0 Å². The number of rotatable bonds is 7. The van der Waals surface area contributed by atoms with Gasteiger partial charge in [-0.05, 0) is 32.4 Å². The predicted molar refractivity (Wildman–Crippen MR) is 81.1 cm³/mol. The van der Waals surface area contributed by atoms with Crippen LogP contribution in [0.5, 0.6) is 5.75 Å². The van der Waals surface area contributed by atoms with E-state index in [2.05, 4.69) is 15.4 Å². The lowest BCUT2D eigenvalue weighted by Crippen LogP contribution is -2.45. The number of carbonyl (C=O) groups excluding carboxylic acids is 1. The molecule has 0 aliphatic heterocycles. The number of alkyl halides is 3. The van der Waals surface area contributed by atoms with E-state index in [0.717, 1.165) is 12.1 Å². The summed E-state index contributed by atoms with van der Waals surface area (Å²) in [5, 5.41) is 13.5. The first-order valence-electron chi connectivity index (χ1n) is 7.18. The zero-order valence-corrected chi connectivity index (χ0v) is 13.5. The SMILES string of the molecule is CC(C)(CCC(=O)O)NC(=O)Nc1ccc(OCC(F)(F)F)c(F)c1. The summed E-state index contributed by atoms with van der Waals surface area (Å²) in [6.07, 6.45) is -4.56. The summed E-state index contributed by atoms with van der Waals surface area (Å²) < 4.78 is 54.1. The van der Waals surface area contributed by atoms with Crippen LogP contribution >= 0.6 is 0 Å². The highest BCUT2D eigenvalue weighted by atomic mass is 19.4. The van der Waals surface area contributed by atoms with E-state index in [4.69, 9.17) is 5.11 Å². The van der Waals surface area contributed by atoms with Crippen LogP contribution in [0.1, 0.15) is 26.7 Å². The Hall–Kier alpha value is -2.52. The molecule has 25 heavy (non-hydrogen) atoms. The zero-order chi connectivity index (χ0) is 19.3. The molecule has 1 rings (SSSR count). The molecule has 0 saturated carbocycles. The number of nitrogens with one attached hydrogen (secondary N) is 2. The fourth-order valence-corrected chi connectivity index (χ4v) is 1.81. The van der Waals surface area contributed by atoms with Gasteiger partial charge in [-0.25, -0.2) is 9.18 Å². The van der Waals surface area contributed by atoms with Gasteiger partial charge in [-0.15, -0.1) is 0 Å². The first-order valence-corrected chi connectivity index (χ1v) is 7.18. The van der Waals surface area contributed by atoms with E-state index in [0.29, 0.717) is 0 Å². The number of urea groups is 1. The number of carboxylic acids is 1. The molecule has 3 N–H and O–H groups in total. The molecular weight excluding hydrogens is 348 g/mol. The molecule has 1 aromatic carbocycles. The van der Waals surface area contributed by atoms with E-state index >= 15 is 0 Å². The number of anilines is 1. The van der Waals surface area contributed by atoms with Crippen molar-refractivity contribution in [1.29, 1.82) is 0 Å². The number of amides is 2. The third kappa shape index (κ3) is 8.23. The summed E-state index contributed by atoms with van der Waals surface area (Å²) in [6.45, 7) is 1.60. The van der Waals surface area contributed by atoms with Crippen molar-refractivity contribution in [1.82, 2.24) is 5.32 Å². The van der Waals surface area contributed by atoms with Gasteiger partial charge in [0.05, 0.1) is 0 Å². The van der Waals surface area contributed by atoms with Gasteiger partial charge in [-0.2, -0.15) is 13.2 Å². The third-order valence-electron chi connectivity index (χ3n) is 3.00. The Morgan fingerprint density at radius 3 is 2.40 bits per heavy atom. The Labute approximate surface area is 141 Å². The topological polar surface area (TPSA) is 87.7 Å². The molecule has 0 unspecified atom stereocenters. The average Bonchev–Trinajstić information content (AvgIpc) is 2.42. The summed E-state index contributed by atoms with van der Waals surface area (Å²) in [5.41, 5.74) is -0.819. The van der Waals surface area contributed by atoms with Gasteiger partial charge in [0.1, 0.15) is 0 Å². The predicted octanol–water partition coefficient (Wildman–Crippen LogP) is 3.53. The maximum Gasteiger partial charge on any atom is 0.422 e. The van der Waals surface area contributed by atoms with Gasteiger partial charge in [-0.1, -0.05) is 0 Å². The summed E-state index contributed by atoms with van der Waals surface area (Å²) in [7, 11) is 0. The molecule has 0 saturated heterocycles. The number of carboxylic acid groups (broad SMARTS) is 1. The highest BCUT2D eigenvalue weighted by Crippen LogP contribution is 2.24. The maximum atomic E-state index is 13.7. The number of benzene rings is 1. The minimum Gasteiger partial charge on any atom is -0.481 e. The standard InChI is InChI=1S/C15H18F4N2O4/c1-14(2,6-5-12(22)23)21-13(24)20-9-3-4-11(10(16)7-9)25-8-15(17,18)19/h3-4,7H,5-6,8H2,1-2H3,(H,22,23)(H2,20,21,24). The van der Waals surface area contributed by atoms with E-state index in [1.54, 1.807) is 13.8 Å². The van der Waals surface area contributed by atoms with Crippen molar-refractivity contribution in [2.24, 2.45) is 0 Å². The lowest BCUT2D eigenvalue weighted by Gasteiger charge is -2.25. The van der Waals surface area contributed by atoms with Crippen LogP contribution in [-0.2, 0) is 4.79 Å². The first-order chi connectivity index (χ1) is 11.4. The Bertz CT molecular complexity index is 632. The number of hydrogen-bond donors (Lipinski definition) is 3. The van der Waals surface area contributed by atoms with Gasteiger partial charge in [0.2, 0.25) is 0 Å². The van der Waals surface area contributed by atoms with Crippen molar-refractivity contribution in [2.75, 3.05) is 11.9 Å². The van der Waals surface area contributed by atoms with Crippen molar-refractivity contribution >= 4 is 17.7 Å². The van der Waals surface area contributed by atoms with Crippen molar-refractivity contribution in [3.05, 3.63) is 24.0 Å².